The first-order chi connectivity index (χ1) is 12.5. The van der Waals surface area contributed by atoms with E-state index in [9.17, 15) is 26.3 Å². The van der Waals surface area contributed by atoms with Gasteiger partial charge in [0.2, 0.25) is 0 Å². The number of piperidine rings is 1. The molecule has 0 radical (unpaired) electrons. The van der Waals surface area contributed by atoms with Crippen LogP contribution in [0.1, 0.15) is 12.0 Å². The number of thiophene rings is 1. The first-order valence-corrected chi connectivity index (χ1v) is 10.1. The number of nitrogens with one attached hydrogen (secondary N) is 1. The third kappa shape index (κ3) is 4.81. The van der Waals surface area contributed by atoms with Crippen LogP contribution in [-0.2, 0) is 6.42 Å². The molecular formula is C17H17F6IN2S. The minimum absolute atomic E-state index is 0.0988. The second kappa shape index (κ2) is 7.58. The van der Waals surface area contributed by atoms with Crippen LogP contribution in [0, 0.1) is 8.80 Å². The lowest BCUT2D eigenvalue weighted by Gasteiger charge is -2.38. The molecule has 0 bridgehead atoms. The molecule has 150 valence electrons. The van der Waals surface area contributed by atoms with E-state index >= 15 is 0 Å². The van der Waals surface area contributed by atoms with E-state index in [2.05, 4.69) is 5.32 Å². The van der Waals surface area contributed by atoms with E-state index in [1.165, 1.54) is 11.3 Å². The van der Waals surface area contributed by atoms with E-state index in [1.807, 2.05) is 22.6 Å². The van der Waals surface area contributed by atoms with Crippen molar-refractivity contribution in [2.75, 3.05) is 25.5 Å². The van der Waals surface area contributed by atoms with Crippen LogP contribution in [0.4, 0.5) is 32.0 Å². The van der Waals surface area contributed by atoms with Gasteiger partial charge in [-0.15, -0.1) is 11.3 Å². The molecule has 1 aliphatic rings. The average Bonchev–Trinajstić information content (AvgIpc) is 2.84. The number of rotatable bonds is 3. The molecule has 1 fully saturated rings. The first-order valence-electron chi connectivity index (χ1n) is 8.24. The smallest absolute Gasteiger partial charge is 0.380 e. The summed E-state index contributed by atoms with van der Waals surface area (Å²) < 4.78 is 80.0. The topological polar surface area (TPSA) is 15.3 Å². The number of nitrogens with zero attached hydrogens (tertiary/aromatic N) is 1. The maximum atomic E-state index is 13.4. The number of halogens is 7. The molecule has 10 heteroatoms. The molecule has 3 rings (SSSR count). The molecule has 2 heterocycles. The van der Waals surface area contributed by atoms with E-state index in [4.69, 9.17) is 0 Å². The van der Waals surface area contributed by atoms with Gasteiger partial charge in [-0.3, -0.25) is 0 Å². The van der Waals surface area contributed by atoms with Crippen LogP contribution in [-0.4, -0.2) is 43.4 Å². The molecule has 0 aliphatic carbocycles. The third-order valence-corrected chi connectivity index (χ3v) is 7.10. The zero-order chi connectivity index (χ0) is 20.0. The van der Waals surface area contributed by atoms with Gasteiger partial charge in [0.1, 0.15) is 0 Å². The van der Waals surface area contributed by atoms with Gasteiger partial charge in [0.05, 0.1) is 25.6 Å². The Balaban J connectivity index is 1.94. The second-order valence-electron chi connectivity index (χ2n) is 6.78. The van der Waals surface area contributed by atoms with Gasteiger partial charge >= 0.3 is 12.4 Å². The molecule has 1 saturated heterocycles. The molecule has 0 saturated carbocycles. The monoisotopic (exact) mass is 522 g/mol. The second-order valence-corrected chi connectivity index (χ2v) is 9.61. The molecule has 1 aromatic heterocycles. The Morgan fingerprint density at radius 3 is 2.56 bits per heavy atom. The van der Waals surface area contributed by atoms with Crippen molar-refractivity contribution in [3.8, 4) is 0 Å². The number of anilines is 1. The lowest BCUT2D eigenvalue weighted by Crippen LogP contribution is -2.50. The zero-order valence-corrected chi connectivity index (χ0v) is 17.2. The Hall–Kier alpha value is -0.750. The lowest BCUT2D eigenvalue weighted by molar-refractivity contribution is -0.188. The van der Waals surface area contributed by atoms with Crippen LogP contribution in [0.15, 0.2) is 18.2 Å². The van der Waals surface area contributed by atoms with Crippen molar-refractivity contribution in [1.82, 2.24) is 4.90 Å². The van der Waals surface area contributed by atoms with Gasteiger partial charge in [-0.25, -0.2) is 0 Å². The summed E-state index contributed by atoms with van der Waals surface area (Å²) in [5.41, 5.74) is 0.648. The number of fused-ring (bicyclic) bond motifs is 1. The first kappa shape index (κ1) is 21.0. The quantitative estimate of drug-likeness (QED) is 0.399. The van der Waals surface area contributed by atoms with Crippen LogP contribution in [0.25, 0.3) is 10.1 Å². The summed E-state index contributed by atoms with van der Waals surface area (Å²) in [4.78, 5) is 1.65. The molecule has 1 aromatic carbocycles. The summed E-state index contributed by atoms with van der Waals surface area (Å²) in [6, 6.07) is 4.01. The molecule has 2 atom stereocenters. The molecule has 1 aliphatic heterocycles. The van der Waals surface area contributed by atoms with E-state index in [1.54, 1.807) is 30.1 Å². The molecule has 0 amide bonds. The van der Waals surface area contributed by atoms with Crippen molar-refractivity contribution in [3.63, 3.8) is 0 Å². The van der Waals surface area contributed by atoms with Gasteiger partial charge in [0.25, 0.3) is 0 Å². The summed E-state index contributed by atoms with van der Waals surface area (Å²) in [5, 5.41) is 3.43. The predicted molar refractivity (Wildman–Crippen MR) is 103 cm³/mol. The Morgan fingerprint density at radius 2 is 1.93 bits per heavy atom. The minimum Gasteiger partial charge on any atom is -0.380 e. The standard InChI is InChI=1S/C17H17F6IN2S/c1-26-6-5-12(11(8-26)17(21,22)23)25-13-4-2-3-9-10(7-16(18,19)20)15(24)27-14(9)13/h2-4,11-12,25H,5-8H2,1H3. The summed E-state index contributed by atoms with van der Waals surface area (Å²) in [7, 11) is 1.65. The van der Waals surface area contributed by atoms with Crippen LogP contribution in [0.5, 0.6) is 0 Å². The van der Waals surface area contributed by atoms with E-state index in [0.29, 0.717) is 31.6 Å². The van der Waals surface area contributed by atoms with E-state index in [-0.39, 0.29) is 12.1 Å². The largest absolute Gasteiger partial charge is 0.394 e. The molecule has 1 N–H and O–H groups in total. The lowest BCUT2D eigenvalue weighted by atomic mass is 9.91. The summed E-state index contributed by atoms with van der Waals surface area (Å²) in [5.74, 6) is -1.53. The van der Waals surface area contributed by atoms with Crippen LogP contribution in [0.2, 0.25) is 0 Å². The van der Waals surface area contributed by atoms with Crippen molar-refractivity contribution in [3.05, 3.63) is 26.6 Å². The number of hydrogen-bond donors (Lipinski definition) is 1. The molecule has 27 heavy (non-hydrogen) atoms. The predicted octanol–water partition coefficient (Wildman–Crippen LogP) is 5.91. The molecule has 2 unspecified atom stereocenters. The number of likely N-dealkylation sites (tertiary alicyclic amines) is 1. The minimum atomic E-state index is -4.34. The summed E-state index contributed by atoms with van der Waals surface area (Å²) >= 11 is 3.04. The van der Waals surface area contributed by atoms with Gasteiger partial charge in [-0.05, 0) is 59.6 Å². The molecule has 2 nitrogen and oxygen atoms in total. The highest BCUT2D eigenvalue weighted by Gasteiger charge is 2.47. The number of hydrogen-bond acceptors (Lipinski definition) is 3. The van der Waals surface area contributed by atoms with Crippen molar-refractivity contribution < 1.29 is 26.3 Å². The highest BCUT2D eigenvalue weighted by atomic mass is 127. The number of benzene rings is 1. The maximum absolute atomic E-state index is 13.4. The highest BCUT2D eigenvalue weighted by Crippen LogP contribution is 2.41. The van der Waals surface area contributed by atoms with Crippen molar-refractivity contribution >= 4 is 49.7 Å². The molecule has 2 aromatic rings. The zero-order valence-electron chi connectivity index (χ0n) is 14.2. The van der Waals surface area contributed by atoms with Crippen LogP contribution >= 0.6 is 33.9 Å². The van der Waals surface area contributed by atoms with Gasteiger partial charge in [-0.2, -0.15) is 26.3 Å². The van der Waals surface area contributed by atoms with Gasteiger partial charge in [0.15, 0.2) is 0 Å². The summed E-state index contributed by atoms with van der Waals surface area (Å²) in [6.45, 7) is 0.431. The van der Waals surface area contributed by atoms with Crippen molar-refractivity contribution in [2.24, 2.45) is 5.92 Å². The van der Waals surface area contributed by atoms with E-state index in [0.717, 1.165) is 0 Å². The third-order valence-electron chi connectivity index (χ3n) is 4.72. The Kier molecular flexibility index (Phi) is 5.89. The fraction of sp³-hybridized carbons (Fsp3) is 0.529. The fourth-order valence-electron chi connectivity index (χ4n) is 3.44. The maximum Gasteiger partial charge on any atom is 0.394 e. The van der Waals surface area contributed by atoms with Crippen molar-refractivity contribution in [2.45, 2.75) is 31.2 Å². The molecular weight excluding hydrogens is 505 g/mol. The molecule has 0 spiro atoms. The van der Waals surface area contributed by atoms with Gasteiger partial charge < -0.3 is 10.2 Å². The van der Waals surface area contributed by atoms with Crippen molar-refractivity contribution in [1.29, 1.82) is 0 Å². The Labute approximate surface area is 170 Å². The van der Waals surface area contributed by atoms with Gasteiger partial charge in [-0.1, -0.05) is 12.1 Å². The van der Waals surface area contributed by atoms with E-state index < -0.39 is 30.7 Å². The number of alkyl halides is 6. The van der Waals surface area contributed by atoms with Crippen LogP contribution < -0.4 is 5.32 Å². The summed E-state index contributed by atoms with van der Waals surface area (Å²) in [6.07, 6.45) is -9.42. The van der Waals surface area contributed by atoms with Crippen LogP contribution in [0.3, 0.4) is 0 Å². The fourth-order valence-corrected chi connectivity index (χ4v) is 5.60. The van der Waals surface area contributed by atoms with Gasteiger partial charge in [0, 0.05) is 12.6 Å². The average molecular weight is 522 g/mol. The highest BCUT2D eigenvalue weighted by molar-refractivity contribution is 14.1. The Morgan fingerprint density at radius 1 is 1.22 bits per heavy atom. The SMILES string of the molecule is CN1CCC(Nc2cccc3c(CC(F)(F)F)c(I)sc23)C(C(F)(F)F)C1. The normalized spacial score (nSPS) is 22.4. The Bertz CT molecular complexity index is 816.